The summed E-state index contributed by atoms with van der Waals surface area (Å²) in [7, 11) is 0. The molecule has 2 aliphatic heterocycles. The minimum absolute atomic E-state index is 0.353. The number of anilines is 1. The van der Waals surface area contributed by atoms with Gasteiger partial charge in [0.15, 0.2) is 0 Å². The summed E-state index contributed by atoms with van der Waals surface area (Å²) < 4.78 is 0. The molecule has 0 bridgehead atoms. The number of carbonyl (C=O) groups excluding carboxylic acids is 2. The van der Waals surface area contributed by atoms with Gasteiger partial charge in [-0.05, 0) is 79.5 Å². The molecule has 0 saturated carbocycles. The number of piperidine rings is 1. The number of nitrogens with one attached hydrogen (secondary N) is 3. The third-order valence-electron chi connectivity index (χ3n) is 6.88. The predicted molar refractivity (Wildman–Crippen MR) is 149 cm³/mol. The van der Waals surface area contributed by atoms with Crippen LogP contribution in [0.4, 0.5) is 10.7 Å². The topological polar surface area (TPSA) is 116 Å². The molecule has 4 aromatic rings. The predicted octanol–water partition coefficient (Wildman–Crippen LogP) is 4.35. The summed E-state index contributed by atoms with van der Waals surface area (Å²) in [5.74, 6) is 0.841. The van der Waals surface area contributed by atoms with Crippen LogP contribution in [-0.2, 0) is 11.3 Å². The Labute approximate surface area is 224 Å². The number of benzene rings is 1. The van der Waals surface area contributed by atoms with Crippen LogP contribution in [-0.4, -0.2) is 50.7 Å². The first-order chi connectivity index (χ1) is 18.6. The average Bonchev–Trinajstić information content (AvgIpc) is 3.54. The van der Waals surface area contributed by atoms with Gasteiger partial charge in [0, 0.05) is 48.5 Å². The van der Waals surface area contributed by atoms with E-state index in [2.05, 4.69) is 72.9 Å². The normalized spacial score (nSPS) is 17.5. The van der Waals surface area contributed by atoms with Crippen LogP contribution >= 0.6 is 11.8 Å². The first-order valence-electron chi connectivity index (χ1n) is 12.7. The molecule has 2 saturated heterocycles. The van der Waals surface area contributed by atoms with Crippen LogP contribution in [0.1, 0.15) is 24.2 Å². The van der Waals surface area contributed by atoms with Crippen molar-refractivity contribution >= 4 is 45.8 Å². The van der Waals surface area contributed by atoms with Gasteiger partial charge >= 0.3 is 0 Å². The molecule has 3 N–H and O–H groups in total. The fraction of sp³-hybridized carbons (Fsp3) is 0.250. The summed E-state index contributed by atoms with van der Waals surface area (Å²) in [4.78, 5) is 42.9. The second-order valence-corrected chi connectivity index (χ2v) is 10.5. The van der Waals surface area contributed by atoms with Crippen molar-refractivity contribution in [3.63, 3.8) is 0 Å². The lowest BCUT2D eigenvalue weighted by molar-refractivity contribution is -0.115. The van der Waals surface area contributed by atoms with Crippen LogP contribution in [0.25, 0.3) is 28.2 Å². The molecule has 5 heterocycles. The average molecular weight is 526 g/mol. The van der Waals surface area contributed by atoms with Gasteiger partial charge in [-0.25, -0.2) is 9.97 Å². The van der Waals surface area contributed by atoms with Crippen molar-refractivity contribution in [1.29, 1.82) is 0 Å². The number of nitrogens with zero attached hydrogens (tertiary/aromatic N) is 4. The second-order valence-electron chi connectivity index (χ2n) is 9.49. The van der Waals surface area contributed by atoms with E-state index in [1.807, 2.05) is 6.20 Å². The van der Waals surface area contributed by atoms with Crippen molar-refractivity contribution in [3.05, 3.63) is 77.2 Å². The molecule has 0 atom stereocenters. The van der Waals surface area contributed by atoms with E-state index in [1.54, 1.807) is 18.3 Å². The van der Waals surface area contributed by atoms with Crippen LogP contribution in [0.15, 0.2) is 65.8 Å². The largest absolute Gasteiger partial charge is 0.361 e. The summed E-state index contributed by atoms with van der Waals surface area (Å²) in [6, 6.07) is 16.4. The first kappa shape index (κ1) is 24.3. The fourth-order valence-electron chi connectivity index (χ4n) is 4.84. The molecule has 0 aliphatic carbocycles. The zero-order valence-corrected chi connectivity index (χ0v) is 21.5. The summed E-state index contributed by atoms with van der Waals surface area (Å²) in [6.45, 7) is 3.40. The van der Waals surface area contributed by atoms with E-state index in [-0.39, 0.29) is 11.1 Å². The number of imide groups is 1. The Morgan fingerprint density at radius 2 is 1.97 bits per heavy atom. The molecule has 2 amide bonds. The molecule has 192 valence electrons. The highest BCUT2D eigenvalue weighted by molar-refractivity contribution is 8.18. The van der Waals surface area contributed by atoms with Gasteiger partial charge in [-0.15, -0.1) is 0 Å². The molecule has 0 unspecified atom stereocenters. The molecule has 2 fully saturated rings. The van der Waals surface area contributed by atoms with Crippen molar-refractivity contribution in [2.75, 3.05) is 24.5 Å². The molecule has 3 aromatic heterocycles. The number of hydrogen-bond donors (Lipinski definition) is 3. The van der Waals surface area contributed by atoms with Gasteiger partial charge in [0.2, 0.25) is 5.95 Å². The van der Waals surface area contributed by atoms with E-state index in [0.717, 1.165) is 73.3 Å². The van der Waals surface area contributed by atoms with Crippen molar-refractivity contribution in [1.82, 2.24) is 30.6 Å². The van der Waals surface area contributed by atoms with Gasteiger partial charge < -0.3 is 15.2 Å². The minimum atomic E-state index is -0.381. The Bertz CT molecular complexity index is 1520. The van der Waals surface area contributed by atoms with Gasteiger partial charge in [0.05, 0.1) is 22.0 Å². The lowest BCUT2D eigenvalue weighted by Crippen LogP contribution is -2.38. The first-order valence-corrected chi connectivity index (χ1v) is 13.5. The van der Waals surface area contributed by atoms with Gasteiger partial charge in [-0.2, -0.15) is 0 Å². The van der Waals surface area contributed by atoms with E-state index in [4.69, 9.17) is 4.98 Å². The Balaban J connectivity index is 1.01. The van der Waals surface area contributed by atoms with Crippen LogP contribution in [0, 0.1) is 5.92 Å². The van der Waals surface area contributed by atoms with Crippen LogP contribution in [0.3, 0.4) is 0 Å². The lowest BCUT2D eigenvalue weighted by Gasteiger charge is -2.32. The molecular weight excluding hydrogens is 498 g/mol. The van der Waals surface area contributed by atoms with E-state index >= 15 is 0 Å². The Morgan fingerprint density at radius 1 is 1.08 bits per heavy atom. The van der Waals surface area contributed by atoms with Crippen LogP contribution in [0.2, 0.25) is 0 Å². The molecule has 0 radical (unpaired) electrons. The van der Waals surface area contributed by atoms with E-state index in [9.17, 15) is 9.59 Å². The molecule has 38 heavy (non-hydrogen) atoms. The Morgan fingerprint density at radius 3 is 2.82 bits per heavy atom. The maximum Gasteiger partial charge on any atom is 0.290 e. The molecular formula is C28H27N7O2S. The second kappa shape index (κ2) is 10.8. The van der Waals surface area contributed by atoms with Crippen molar-refractivity contribution in [2.24, 2.45) is 5.92 Å². The number of amides is 2. The maximum absolute atomic E-state index is 11.8. The van der Waals surface area contributed by atoms with E-state index in [0.29, 0.717) is 22.5 Å². The Kier molecular flexibility index (Phi) is 6.89. The quantitative estimate of drug-likeness (QED) is 0.305. The van der Waals surface area contributed by atoms with Crippen LogP contribution < -0.4 is 15.5 Å². The standard InChI is InChI=1S/C28H27N7O2S/c36-26-25(38-28(37)34-26)15-21-7-11-31-27(33-21)35-12-8-18(9-13-35)16-29-17-22-2-1-3-24(32-22)19-4-5-23-20(14-19)6-10-30-23/h1-7,10-11,14-15,18,29-30H,8-9,12-13,16-17H2,(H,34,36,37)/b25-15-. The number of aromatic nitrogens is 4. The highest BCUT2D eigenvalue weighted by Gasteiger charge is 2.25. The third-order valence-corrected chi connectivity index (χ3v) is 7.69. The van der Waals surface area contributed by atoms with Gasteiger partial charge in [0.1, 0.15) is 0 Å². The number of hydrogen-bond acceptors (Lipinski definition) is 8. The summed E-state index contributed by atoms with van der Waals surface area (Å²) in [6.07, 6.45) is 7.36. The summed E-state index contributed by atoms with van der Waals surface area (Å²) in [5, 5.41) is 6.69. The SMILES string of the molecule is O=C1NC(=O)/C(=C/c2ccnc(N3CCC(CNCc4cccc(-c5ccc6[nH]ccc6c5)n4)CC3)n2)S1. The molecule has 6 rings (SSSR count). The zero-order chi connectivity index (χ0) is 25.9. The van der Waals surface area contributed by atoms with E-state index < -0.39 is 0 Å². The number of H-pyrrole nitrogens is 1. The zero-order valence-electron chi connectivity index (χ0n) is 20.7. The maximum atomic E-state index is 11.8. The number of carbonyl (C=O) groups is 2. The number of pyridine rings is 1. The third kappa shape index (κ3) is 5.46. The molecule has 2 aliphatic rings. The minimum Gasteiger partial charge on any atom is -0.361 e. The van der Waals surface area contributed by atoms with Crippen molar-refractivity contribution < 1.29 is 9.59 Å². The highest BCUT2D eigenvalue weighted by Crippen LogP contribution is 2.26. The lowest BCUT2D eigenvalue weighted by atomic mass is 9.97. The molecule has 1 aromatic carbocycles. The molecule has 9 nitrogen and oxygen atoms in total. The summed E-state index contributed by atoms with van der Waals surface area (Å²) in [5.41, 5.74) is 4.88. The highest BCUT2D eigenvalue weighted by atomic mass is 32.2. The number of thioether (sulfide) groups is 1. The van der Waals surface area contributed by atoms with Crippen LogP contribution in [0.5, 0.6) is 0 Å². The molecule has 0 spiro atoms. The van der Waals surface area contributed by atoms with E-state index in [1.165, 1.54) is 5.39 Å². The number of rotatable bonds is 7. The fourth-order valence-corrected chi connectivity index (χ4v) is 5.51. The number of aromatic amines is 1. The Hall–Kier alpha value is -4.02. The number of fused-ring (bicyclic) bond motifs is 1. The van der Waals surface area contributed by atoms with Gasteiger partial charge in [-0.3, -0.25) is 19.9 Å². The monoisotopic (exact) mass is 525 g/mol. The van der Waals surface area contributed by atoms with Gasteiger partial charge in [0.25, 0.3) is 11.1 Å². The van der Waals surface area contributed by atoms with Gasteiger partial charge in [-0.1, -0.05) is 12.1 Å². The molecule has 10 heteroatoms. The smallest absolute Gasteiger partial charge is 0.290 e. The summed E-state index contributed by atoms with van der Waals surface area (Å²) >= 11 is 0.891. The van der Waals surface area contributed by atoms with Crippen molar-refractivity contribution in [3.8, 4) is 11.3 Å². The van der Waals surface area contributed by atoms with Crippen molar-refractivity contribution in [2.45, 2.75) is 19.4 Å².